The minimum Gasteiger partial charge on any atom is -0.444 e. The summed E-state index contributed by atoms with van der Waals surface area (Å²) < 4.78 is 5.54. The Morgan fingerprint density at radius 3 is 1.90 bits per heavy atom. The number of rotatable bonds is 7. The van der Waals surface area contributed by atoms with Crippen molar-refractivity contribution >= 4 is 35.2 Å². The molecule has 0 aliphatic carbocycles. The van der Waals surface area contributed by atoms with Gasteiger partial charge in [-0.2, -0.15) is 0 Å². The number of piperazine rings is 1. The van der Waals surface area contributed by atoms with Crippen LogP contribution in [0.2, 0.25) is 10.0 Å². The Morgan fingerprint density at radius 2 is 1.41 bits per heavy atom. The number of carbonyl (C=O) groups excluding carboxylic acids is 2. The molecule has 2 aromatic rings. The molecule has 41 heavy (non-hydrogen) atoms. The molecule has 1 atom stereocenters. The highest BCUT2D eigenvalue weighted by Crippen LogP contribution is 2.34. The number of amides is 2. The summed E-state index contributed by atoms with van der Waals surface area (Å²) in [5.74, 6) is 0.993. The molecule has 8 heteroatoms. The number of nitrogens with zero attached hydrogens (tertiary/aromatic N) is 3. The molecule has 2 aromatic carbocycles. The normalized spacial score (nSPS) is 19.2. The van der Waals surface area contributed by atoms with Gasteiger partial charge in [-0.1, -0.05) is 61.3 Å². The number of hydrogen-bond donors (Lipinski definition) is 0. The molecule has 0 aromatic heterocycles. The second-order valence-corrected chi connectivity index (χ2v) is 13.9. The number of ether oxygens (including phenoxy) is 1. The maximum absolute atomic E-state index is 13.7. The standard InChI is InChI=1S/C33H45Cl2N3O3/c1-23(2)20-29-22-37(31(25-6-10-27(34)11-7-25)26-8-12-28(35)13-9-26)18-19-38(29)30(39)21-24-14-16-36(17-15-24)32(40)41-33(3,4)5/h6-13,23-24,29,31H,14-22H2,1-5H3/t29-/m0/s1. The maximum atomic E-state index is 13.7. The predicted molar refractivity (Wildman–Crippen MR) is 166 cm³/mol. The van der Waals surface area contributed by atoms with Gasteiger partial charge in [0.2, 0.25) is 5.91 Å². The van der Waals surface area contributed by atoms with Crippen LogP contribution < -0.4 is 0 Å². The molecule has 0 radical (unpaired) electrons. The van der Waals surface area contributed by atoms with Gasteiger partial charge in [-0.3, -0.25) is 9.69 Å². The Hall–Kier alpha value is -2.28. The SMILES string of the molecule is CC(C)C[C@H]1CN(C(c2ccc(Cl)cc2)c2ccc(Cl)cc2)CCN1C(=O)CC1CCN(C(=O)OC(C)(C)C)CC1. The largest absolute Gasteiger partial charge is 0.444 e. The van der Waals surface area contributed by atoms with E-state index in [1.54, 1.807) is 4.90 Å². The second kappa shape index (κ2) is 13.8. The third kappa shape index (κ3) is 8.86. The van der Waals surface area contributed by atoms with E-state index in [-0.39, 0.29) is 30.0 Å². The van der Waals surface area contributed by atoms with E-state index in [1.807, 2.05) is 45.0 Å². The molecule has 4 rings (SSSR count). The van der Waals surface area contributed by atoms with Gasteiger partial charge in [0.25, 0.3) is 0 Å². The van der Waals surface area contributed by atoms with Crippen molar-refractivity contribution in [3.05, 3.63) is 69.7 Å². The average Bonchev–Trinajstić information content (AvgIpc) is 2.90. The summed E-state index contributed by atoms with van der Waals surface area (Å²) >= 11 is 12.5. The van der Waals surface area contributed by atoms with Gasteiger partial charge in [0.1, 0.15) is 5.60 Å². The van der Waals surface area contributed by atoms with E-state index in [9.17, 15) is 9.59 Å². The molecule has 0 unspecified atom stereocenters. The van der Waals surface area contributed by atoms with E-state index in [1.165, 1.54) is 11.1 Å². The molecule has 2 saturated heterocycles. The Morgan fingerprint density at radius 1 is 0.878 bits per heavy atom. The van der Waals surface area contributed by atoms with Crippen molar-refractivity contribution in [3.8, 4) is 0 Å². The first-order valence-electron chi connectivity index (χ1n) is 14.9. The molecule has 2 heterocycles. The molecule has 0 saturated carbocycles. The van der Waals surface area contributed by atoms with Crippen molar-refractivity contribution < 1.29 is 14.3 Å². The second-order valence-electron chi connectivity index (χ2n) is 13.0. The van der Waals surface area contributed by atoms with E-state index in [4.69, 9.17) is 27.9 Å². The molecular weight excluding hydrogens is 557 g/mol. The van der Waals surface area contributed by atoms with Crippen LogP contribution >= 0.6 is 23.2 Å². The number of piperidine rings is 1. The first-order valence-corrected chi connectivity index (χ1v) is 15.7. The van der Waals surface area contributed by atoms with Gasteiger partial charge in [-0.15, -0.1) is 0 Å². The molecule has 2 amide bonds. The fourth-order valence-corrected chi connectivity index (χ4v) is 6.35. The van der Waals surface area contributed by atoms with Crippen molar-refractivity contribution in [2.45, 2.75) is 78.0 Å². The van der Waals surface area contributed by atoms with Gasteiger partial charge in [-0.05, 0) is 87.3 Å². The molecule has 6 nitrogen and oxygen atoms in total. The molecule has 224 valence electrons. The number of halogens is 2. The van der Waals surface area contributed by atoms with Crippen LogP contribution in [0.15, 0.2) is 48.5 Å². The van der Waals surface area contributed by atoms with Gasteiger partial charge >= 0.3 is 6.09 Å². The zero-order valence-electron chi connectivity index (χ0n) is 25.1. The summed E-state index contributed by atoms with van der Waals surface area (Å²) in [5, 5.41) is 1.43. The van der Waals surface area contributed by atoms with E-state index in [0.717, 1.165) is 32.4 Å². The third-order valence-corrected chi connectivity index (χ3v) is 8.55. The number of likely N-dealkylation sites (tertiary alicyclic amines) is 1. The van der Waals surface area contributed by atoms with Gasteiger partial charge in [-0.25, -0.2) is 4.79 Å². The van der Waals surface area contributed by atoms with Crippen molar-refractivity contribution in [3.63, 3.8) is 0 Å². The summed E-state index contributed by atoms with van der Waals surface area (Å²) in [6.07, 6.45) is 2.89. The van der Waals surface area contributed by atoms with Crippen molar-refractivity contribution in [1.82, 2.24) is 14.7 Å². The van der Waals surface area contributed by atoms with Crippen LogP contribution in [0.4, 0.5) is 4.79 Å². The zero-order valence-corrected chi connectivity index (χ0v) is 26.6. The van der Waals surface area contributed by atoms with Gasteiger partial charge < -0.3 is 14.5 Å². The third-order valence-electron chi connectivity index (χ3n) is 8.04. The highest BCUT2D eigenvalue weighted by molar-refractivity contribution is 6.30. The Bertz CT molecular complexity index is 1110. The topological polar surface area (TPSA) is 53.1 Å². The monoisotopic (exact) mass is 601 g/mol. The molecule has 0 spiro atoms. The van der Waals surface area contributed by atoms with Crippen molar-refractivity contribution in [2.75, 3.05) is 32.7 Å². The van der Waals surface area contributed by atoms with E-state index < -0.39 is 5.60 Å². The Labute approximate surface area is 255 Å². The van der Waals surface area contributed by atoms with Crippen LogP contribution in [0.25, 0.3) is 0 Å². The number of benzene rings is 2. The Kier molecular flexibility index (Phi) is 10.6. The molecule has 2 aliphatic heterocycles. The Balaban J connectivity index is 1.44. The highest BCUT2D eigenvalue weighted by atomic mass is 35.5. The molecule has 2 fully saturated rings. The van der Waals surface area contributed by atoms with E-state index in [2.05, 4.69) is 47.9 Å². The van der Waals surface area contributed by atoms with Crippen LogP contribution in [-0.4, -0.2) is 71.1 Å². The maximum Gasteiger partial charge on any atom is 0.410 e. The van der Waals surface area contributed by atoms with E-state index >= 15 is 0 Å². The van der Waals surface area contributed by atoms with Gasteiger partial charge in [0.05, 0.1) is 6.04 Å². The minimum absolute atomic E-state index is 0.0497. The highest BCUT2D eigenvalue weighted by Gasteiger charge is 2.36. The van der Waals surface area contributed by atoms with Crippen molar-refractivity contribution in [2.24, 2.45) is 11.8 Å². The summed E-state index contributed by atoms with van der Waals surface area (Å²) in [6.45, 7) is 13.7. The van der Waals surface area contributed by atoms with Crippen LogP contribution in [0.5, 0.6) is 0 Å². The number of hydrogen-bond acceptors (Lipinski definition) is 4. The van der Waals surface area contributed by atoms with Crippen LogP contribution in [0.1, 0.15) is 77.5 Å². The molecule has 0 bridgehead atoms. The van der Waals surface area contributed by atoms with E-state index in [0.29, 0.717) is 42.0 Å². The fraction of sp³-hybridized carbons (Fsp3) is 0.576. The molecule has 0 N–H and O–H groups in total. The first kappa shape index (κ1) is 31.7. The summed E-state index contributed by atoms with van der Waals surface area (Å²) in [4.78, 5) is 32.6. The predicted octanol–water partition coefficient (Wildman–Crippen LogP) is 7.68. The lowest BCUT2D eigenvalue weighted by atomic mass is 9.91. The average molecular weight is 603 g/mol. The number of carbonyl (C=O) groups is 2. The van der Waals surface area contributed by atoms with Gasteiger partial charge in [0.15, 0.2) is 0 Å². The lowest BCUT2D eigenvalue weighted by Crippen LogP contribution is -2.56. The van der Waals surface area contributed by atoms with Crippen LogP contribution in [0, 0.1) is 11.8 Å². The summed E-state index contributed by atoms with van der Waals surface area (Å²) in [6, 6.07) is 16.4. The fourth-order valence-electron chi connectivity index (χ4n) is 6.10. The molecule has 2 aliphatic rings. The molecular formula is C33H45Cl2N3O3. The smallest absolute Gasteiger partial charge is 0.410 e. The van der Waals surface area contributed by atoms with Crippen LogP contribution in [0.3, 0.4) is 0 Å². The zero-order chi connectivity index (χ0) is 29.7. The lowest BCUT2D eigenvalue weighted by Gasteiger charge is -2.46. The quantitative estimate of drug-likeness (QED) is 0.326. The first-order chi connectivity index (χ1) is 19.4. The van der Waals surface area contributed by atoms with Crippen molar-refractivity contribution in [1.29, 1.82) is 0 Å². The summed E-state index contributed by atoms with van der Waals surface area (Å²) in [7, 11) is 0. The minimum atomic E-state index is -0.502. The van der Waals surface area contributed by atoms with Gasteiger partial charge in [0, 0.05) is 55.2 Å². The van der Waals surface area contributed by atoms with Crippen LogP contribution in [-0.2, 0) is 9.53 Å². The lowest BCUT2D eigenvalue weighted by molar-refractivity contribution is -0.138. The summed E-state index contributed by atoms with van der Waals surface area (Å²) in [5.41, 5.74) is 1.85.